The van der Waals surface area contributed by atoms with Gasteiger partial charge >= 0.3 is 0 Å². The Morgan fingerprint density at radius 1 is 0.621 bits per heavy atom. The third kappa shape index (κ3) is 29.5. The first-order valence-corrected chi connectivity index (χ1v) is 12.5. The normalized spacial score (nSPS) is 11.1. The molecule has 0 aromatic heterocycles. The van der Waals surface area contributed by atoms with E-state index in [0.717, 1.165) is 0 Å². The van der Waals surface area contributed by atoms with Crippen molar-refractivity contribution in [3.05, 3.63) is 0 Å². The Labute approximate surface area is 183 Å². The maximum Gasteiger partial charge on any atom is 0.251 e. The van der Waals surface area contributed by atoms with E-state index in [1.54, 1.807) is 6.92 Å². The van der Waals surface area contributed by atoms with Gasteiger partial charge in [0.15, 0.2) is 0 Å². The predicted molar refractivity (Wildman–Crippen MR) is 124 cm³/mol. The molecule has 0 amide bonds. The molecule has 4 nitrogen and oxygen atoms in total. The van der Waals surface area contributed by atoms with Gasteiger partial charge in [0, 0.05) is 6.61 Å². The van der Waals surface area contributed by atoms with Crippen LogP contribution >= 0.6 is 0 Å². The third-order valence-electron chi connectivity index (χ3n) is 5.50. The van der Waals surface area contributed by atoms with Crippen molar-refractivity contribution in [3.8, 4) is 0 Å². The van der Waals surface area contributed by atoms with E-state index in [9.17, 15) is 9.90 Å². The fraction of sp³-hybridized carbons (Fsp3) is 0.960. The van der Waals surface area contributed by atoms with Crippen LogP contribution < -0.4 is 5.11 Å². The van der Waals surface area contributed by atoms with Gasteiger partial charge in [-0.25, -0.2) is 0 Å². The molecule has 0 aliphatic carbocycles. The van der Waals surface area contributed by atoms with E-state index >= 15 is 0 Å². The lowest BCUT2D eigenvalue weighted by Crippen LogP contribution is -2.41. The lowest BCUT2D eigenvalue weighted by atomic mass is 10.1. The van der Waals surface area contributed by atoms with E-state index < -0.39 is 6.16 Å². The van der Waals surface area contributed by atoms with E-state index in [0.29, 0.717) is 0 Å². The number of hydrogen-bond donors (Lipinski definition) is 0. The van der Waals surface area contributed by atoms with Crippen molar-refractivity contribution in [3.63, 3.8) is 0 Å². The van der Waals surface area contributed by atoms with E-state index in [2.05, 4.69) is 32.7 Å². The highest BCUT2D eigenvalue weighted by atomic mass is 16.7. The molecule has 0 heterocycles. The summed E-state index contributed by atoms with van der Waals surface area (Å²) in [6.07, 6.45) is 21.6. The van der Waals surface area contributed by atoms with E-state index in [1.807, 2.05) is 0 Å². The summed E-state index contributed by atoms with van der Waals surface area (Å²) in [6, 6.07) is 0. The van der Waals surface area contributed by atoms with Crippen LogP contribution in [0.5, 0.6) is 0 Å². The number of carbonyl (C=O) groups is 1. The van der Waals surface area contributed by atoms with Crippen molar-refractivity contribution in [1.82, 2.24) is 0 Å². The predicted octanol–water partition coefficient (Wildman–Crippen LogP) is 6.71. The summed E-state index contributed by atoms with van der Waals surface area (Å²) in [6.45, 7) is 9.11. The summed E-state index contributed by atoms with van der Waals surface area (Å²) in [5.41, 5.74) is 0. The zero-order valence-corrected chi connectivity index (χ0v) is 20.6. The van der Waals surface area contributed by atoms with Crippen LogP contribution in [0.2, 0.25) is 0 Å². The van der Waals surface area contributed by atoms with E-state index in [-0.39, 0.29) is 6.61 Å². The van der Waals surface area contributed by atoms with Gasteiger partial charge in [0.2, 0.25) is 0 Å². The summed E-state index contributed by atoms with van der Waals surface area (Å²) in [7, 11) is 4.87. The minimum atomic E-state index is -1.46. The van der Waals surface area contributed by atoms with Crippen LogP contribution in [-0.4, -0.2) is 44.4 Å². The van der Waals surface area contributed by atoms with Crippen LogP contribution in [0.4, 0.5) is 4.79 Å². The molecule has 176 valence electrons. The molecular weight excluding hydrogens is 362 g/mol. The molecule has 0 saturated heterocycles. The van der Waals surface area contributed by atoms with Gasteiger partial charge in [0.1, 0.15) is 0 Å². The molecule has 0 aliphatic rings. The van der Waals surface area contributed by atoms with Crippen molar-refractivity contribution < 1.29 is 19.1 Å². The topological polar surface area (TPSA) is 49.4 Å². The second-order valence-electron chi connectivity index (χ2n) is 9.02. The van der Waals surface area contributed by atoms with Crippen molar-refractivity contribution in [1.29, 1.82) is 0 Å². The average Bonchev–Trinajstić information content (AvgIpc) is 2.66. The fourth-order valence-electron chi connectivity index (χ4n) is 3.58. The number of unbranched alkanes of at least 4 members (excludes halogenated alkanes) is 14. The van der Waals surface area contributed by atoms with Crippen LogP contribution in [0.15, 0.2) is 0 Å². The number of rotatable bonds is 19. The molecule has 0 rings (SSSR count). The van der Waals surface area contributed by atoms with Gasteiger partial charge in [-0.2, -0.15) is 0 Å². The number of carbonyl (C=O) groups excluding carboxylic acids is 1. The molecule has 0 atom stereocenters. The Morgan fingerprint density at radius 2 is 0.931 bits per heavy atom. The third-order valence-corrected chi connectivity index (χ3v) is 5.50. The van der Waals surface area contributed by atoms with Crippen molar-refractivity contribution in [2.24, 2.45) is 0 Å². The number of nitrogens with zero attached hydrogens (tertiary/aromatic N) is 1. The molecule has 0 aromatic carbocycles. The van der Waals surface area contributed by atoms with Gasteiger partial charge in [0.25, 0.3) is 6.16 Å². The van der Waals surface area contributed by atoms with E-state index in [4.69, 9.17) is 0 Å². The maximum atomic E-state index is 9.27. The van der Waals surface area contributed by atoms with Crippen LogP contribution in [0.25, 0.3) is 0 Å². The summed E-state index contributed by atoms with van der Waals surface area (Å²) in [5.74, 6) is 0. The minimum absolute atomic E-state index is 0.169. The monoisotopic (exact) mass is 415 g/mol. The van der Waals surface area contributed by atoms with Crippen molar-refractivity contribution in [2.75, 3.05) is 33.8 Å². The molecule has 0 unspecified atom stereocenters. The van der Waals surface area contributed by atoms with Crippen LogP contribution in [0, 0.1) is 0 Å². The molecule has 0 bridgehead atoms. The minimum Gasteiger partial charge on any atom is -0.550 e. The molecule has 0 fully saturated rings. The van der Waals surface area contributed by atoms with Crippen LogP contribution in [0.1, 0.15) is 124 Å². The van der Waals surface area contributed by atoms with Crippen molar-refractivity contribution in [2.45, 2.75) is 124 Å². The summed E-state index contributed by atoms with van der Waals surface area (Å²) in [4.78, 5) is 9.27. The van der Waals surface area contributed by atoms with Gasteiger partial charge in [-0.15, -0.1) is 0 Å². The number of carboxylic acid groups (broad SMARTS) is 1. The molecule has 0 spiro atoms. The van der Waals surface area contributed by atoms with E-state index in [1.165, 1.54) is 120 Å². The molecular formula is C25H53NO3. The molecule has 0 saturated carbocycles. The number of hydrogen-bond acceptors (Lipinski definition) is 3. The Hall–Kier alpha value is -0.770. The van der Waals surface area contributed by atoms with Crippen LogP contribution in [-0.2, 0) is 4.74 Å². The highest BCUT2D eigenvalue weighted by Crippen LogP contribution is 2.13. The van der Waals surface area contributed by atoms with Crippen LogP contribution in [0.3, 0.4) is 0 Å². The standard InChI is InChI=1S/C22H48N.C3H6O3/c1-5-7-9-11-13-15-17-19-21-23(3,4)22-20-18-16-14-12-10-8-6-2;1-2-6-3(4)5/h5-22H2,1-4H3;2H2,1H3,(H,4,5)/q+1;/p-1. The largest absolute Gasteiger partial charge is 0.550 e. The van der Waals surface area contributed by atoms with Gasteiger partial charge < -0.3 is 19.1 Å². The molecule has 0 radical (unpaired) electrons. The molecule has 29 heavy (non-hydrogen) atoms. The maximum absolute atomic E-state index is 9.27. The Bertz CT molecular complexity index is 310. The molecule has 0 N–H and O–H groups in total. The molecule has 0 aromatic rings. The average molecular weight is 416 g/mol. The van der Waals surface area contributed by atoms with Gasteiger partial charge in [-0.05, 0) is 32.6 Å². The fourth-order valence-corrected chi connectivity index (χ4v) is 3.58. The quantitative estimate of drug-likeness (QED) is 0.134. The summed E-state index contributed by atoms with van der Waals surface area (Å²) >= 11 is 0. The zero-order valence-electron chi connectivity index (χ0n) is 20.6. The Balaban J connectivity index is 0. The zero-order chi connectivity index (χ0) is 22.2. The second kappa shape index (κ2) is 23.5. The second-order valence-corrected chi connectivity index (χ2v) is 9.02. The number of quaternary nitrogens is 1. The lowest BCUT2D eigenvalue weighted by molar-refractivity contribution is -0.890. The first kappa shape index (κ1) is 30.4. The molecule has 4 heteroatoms. The SMILES string of the molecule is CCCCCCCCCC[N+](C)(C)CCCCCCCCCC.CCOC(=O)[O-]. The van der Waals surface area contributed by atoms with Crippen molar-refractivity contribution >= 4 is 6.16 Å². The number of ether oxygens (including phenoxy) is 1. The Morgan fingerprint density at radius 3 is 1.17 bits per heavy atom. The highest BCUT2D eigenvalue weighted by Gasteiger charge is 2.13. The molecule has 0 aliphatic heterocycles. The summed E-state index contributed by atoms with van der Waals surface area (Å²) in [5, 5.41) is 9.27. The Kier molecular flexibility index (Phi) is 24.7. The first-order valence-electron chi connectivity index (χ1n) is 12.5. The lowest BCUT2D eigenvalue weighted by Gasteiger charge is -2.30. The first-order chi connectivity index (χ1) is 13.9. The summed E-state index contributed by atoms with van der Waals surface area (Å²) < 4.78 is 5.09. The van der Waals surface area contributed by atoms with Gasteiger partial charge in [-0.1, -0.05) is 90.9 Å². The van der Waals surface area contributed by atoms with Gasteiger partial charge in [-0.3, -0.25) is 0 Å². The van der Waals surface area contributed by atoms with Gasteiger partial charge in [0.05, 0.1) is 27.2 Å². The highest BCUT2D eigenvalue weighted by molar-refractivity contribution is 5.53. The smallest absolute Gasteiger partial charge is 0.251 e.